The molecular formula is C19H20N2O5S. The molecule has 7 nitrogen and oxygen atoms in total. The Morgan fingerprint density at radius 3 is 2.30 bits per heavy atom. The normalized spacial score (nSPS) is 11.5. The molecule has 27 heavy (non-hydrogen) atoms. The number of aromatic nitrogens is 2. The van der Waals surface area contributed by atoms with E-state index in [0.717, 1.165) is 11.8 Å². The number of hydrogen-bond acceptors (Lipinski definition) is 6. The van der Waals surface area contributed by atoms with Crippen LogP contribution in [0.2, 0.25) is 0 Å². The van der Waals surface area contributed by atoms with Crippen molar-refractivity contribution in [2.45, 2.75) is 17.9 Å². The summed E-state index contributed by atoms with van der Waals surface area (Å²) in [4.78, 5) is 17.1. The van der Waals surface area contributed by atoms with Crippen LogP contribution in [0.5, 0.6) is 11.5 Å². The molecule has 2 aromatic carbocycles. The van der Waals surface area contributed by atoms with Gasteiger partial charge in [-0.2, -0.15) is 0 Å². The number of nitrogens with zero attached hydrogens (tertiary/aromatic N) is 2. The molecule has 3 aromatic rings. The van der Waals surface area contributed by atoms with Crippen LogP contribution in [0.1, 0.15) is 5.56 Å². The van der Waals surface area contributed by atoms with E-state index in [-0.39, 0.29) is 15.8 Å². The molecule has 0 saturated heterocycles. The van der Waals surface area contributed by atoms with Crippen molar-refractivity contribution in [1.82, 2.24) is 9.55 Å². The third-order valence-corrected chi connectivity index (χ3v) is 5.39. The highest BCUT2D eigenvalue weighted by Gasteiger charge is 2.11. The molecule has 0 bridgehead atoms. The zero-order chi connectivity index (χ0) is 19.6. The summed E-state index contributed by atoms with van der Waals surface area (Å²) in [6.07, 6.45) is 3.15. The van der Waals surface area contributed by atoms with E-state index in [4.69, 9.17) is 9.47 Å². The minimum absolute atomic E-state index is 0.101. The second-order valence-electron chi connectivity index (χ2n) is 6.17. The summed E-state index contributed by atoms with van der Waals surface area (Å²) < 4.78 is 35.5. The van der Waals surface area contributed by atoms with Gasteiger partial charge in [-0.1, -0.05) is 0 Å². The van der Waals surface area contributed by atoms with E-state index in [0.29, 0.717) is 30.0 Å². The standard InChI is InChI=1S/C19H20N2O5S/c1-25-14-8-13(9-15(10-14)26-2)6-7-21-12-20-18-5-4-16(27(3,23)24)11-17(18)19(21)22/h4-5,8-12H,6-7H2,1-3H3. The Hall–Kier alpha value is -2.87. The third kappa shape index (κ3) is 4.11. The van der Waals surface area contributed by atoms with E-state index in [1.807, 2.05) is 12.1 Å². The molecular weight excluding hydrogens is 368 g/mol. The Kier molecular flexibility index (Phi) is 5.18. The van der Waals surface area contributed by atoms with Gasteiger partial charge in [-0.25, -0.2) is 13.4 Å². The molecule has 0 saturated carbocycles. The first-order valence-electron chi connectivity index (χ1n) is 8.23. The van der Waals surface area contributed by atoms with Gasteiger partial charge in [-0.3, -0.25) is 9.36 Å². The maximum absolute atomic E-state index is 12.8. The van der Waals surface area contributed by atoms with Crippen LogP contribution >= 0.6 is 0 Å². The van der Waals surface area contributed by atoms with Crippen LogP contribution in [-0.4, -0.2) is 38.4 Å². The summed E-state index contributed by atoms with van der Waals surface area (Å²) in [5.74, 6) is 1.34. The Labute approximate surface area is 157 Å². The average Bonchev–Trinajstić information content (AvgIpc) is 2.66. The lowest BCUT2D eigenvalue weighted by Gasteiger charge is -2.10. The van der Waals surface area contributed by atoms with Crippen LogP contribution in [-0.2, 0) is 22.8 Å². The van der Waals surface area contributed by atoms with Gasteiger partial charge in [0.1, 0.15) is 11.5 Å². The van der Waals surface area contributed by atoms with E-state index >= 15 is 0 Å². The predicted octanol–water partition coefficient (Wildman–Crippen LogP) is 2.06. The Balaban J connectivity index is 1.94. The van der Waals surface area contributed by atoms with Crippen LogP contribution in [0.25, 0.3) is 10.9 Å². The van der Waals surface area contributed by atoms with E-state index in [2.05, 4.69) is 4.98 Å². The summed E-state index contributed by atoms with van der Waals surface area (Å²) in [5.41, 5.74) is 1.13. The summed E-state index contributed by atoms with van der Waals surface area (Å²) in [6, 6.07) is 9.92. The van der Waals surface area contributed by atoms with Crippen molar-refractivity contribution in [3.05, 3.63) is 58.6 Å². The molecule has 0 amide bonds. The smallest absolute Gasteiger partial charge is 0.261 e. The Morgan fingerprint density at radius 2 is 1.70 bits per heavy atom. The van der Waals surface area contributed by atoms with Crippen molar-refractivity contribution in [3.63, 3.8) is 0 Å². The number of fused-ring (bicyclic) bond motifs is 1. The summed E-state index contributed by atoms with van der Waals surface area (Å²) in [7, 11) is -0.240. The molecule has 0 aliphatic rings. The highest BCUT2D eigenvalue weighted by molar-refractivity contribution is 7.90. The van der Waals surface area contributed by atoms with Crippen LogP contribution in [0.4, 0.5) is 0 Å². The fourth-order valence-electron chi connectivity index (χ4n) is 2.79. The van der Waals surface area contributed by atoms with Gasteiger partial charge in [-0.15, -0.1) is 0 Å². The first kappa shape index (κ1) is 18.9. The SMILES string of the molecule is COc1cc(CCn2cnc3ccc(S(C)(=O)=O)cc3c2=O)cc(OC)c1. The molecule has 0 radical (unpaired) electrons. The molecule has 3 rings (SSSR count). The number of benzene rings is 2. The van der Waals surface area contributed by atoms with Crippen molar-refractivity contribution in [2.75, 3.05) is 20.5 Å². The molecule has 142 valence electrons. The predicted molar refractivity (Wildman–Crippen MR) is 102 cm³/mol. The van der Waals surface area contributed by atoms with Crippen molar-refractivity contribution >= 4 is 20.7 Å². The second kappa shape index (κ2) is 7.40. The van der Waals surface area contributed by atoms with Gasteiger partial charge in [-0.05, 0) is 42.3 Å². The van der Waals surface area contributed by atoms with Gasteiger partial charge in [0.25, 0.3) is 5.56 Å². The summed E-state index contributed by atoms with van der Waals surface area (Å²) in [6.45, 7) is 0.390. The number of rotatable bonds is 6. The van der Waals surface area contributed by atoms with Gasteiger partial charge in [0, 0.05) is 18.9 Å². The van der Waals surface area contributed by atoms with Crippen molar-refractivity contribution in [1.29, 1.82) is 0 Å². The fourth-order valence-corrected chi connectivity index (χ4v) is 3.44. The number of hydrogen-bond donors (Lipinski definition) is 0. The fraction of sp³-hybridized carbons (Fsp3) is 0.263. The molecule has 0 aliphatic heterocycles. The van der Waals surface area contributed by atoms with E-state index in [9.17, 15) is 13.2 Å². The highest BCUT2D eigenvalue weighted by atomic mass is 32.2. The van der Waals surface area contributed by atoms with Gasteiger partial charge >= 0.3 is 0 Å². The number of aryl methyl sites for hydroxylation is 2. The third-order valence-electron chi connectivity index (χ3n) is 4.28. The van der Waals surface area contributed by atoms with Crippen molar-refractivity contribution in [2.24, 2.45) is 0 Å². The van der Waals surface area contributed by atoms with Gasteiger partial charge in [0.15, 0.2) is 9.84 Å². The lowest BCUT2D eigenvalue weighted by atomic mass is 10.1. The summed E-state index contributed by atoms with van der Waals surface area (Å²) in [5, 5.41) is 0.281. The molecule has 0 atom stereocenters. The van der Waals surface area contributed by atoms with Crippen LogP contribution in [0, 0.1) is 0 Å². The van der Waals surface area contributed by atoms with E-state index < -0.39 is 9.84 Å². The first-order chi connectivity index (χ1) is 12.8. The first-order valence-corrected chi connectivity index (χ1v) is 10.1. The zero-order valence-corrected chi connectivity index (χ0v) is 16.1. The van der Waals surface area contributed by atoms with E-state index in [1.54, 1.807) is 26.4 Å². The minimum atomic E-state index is -3.40. The van der Waals surface area contributed by atoms with Crippen molar-refractivity contribution in [3.8, 4) is 11.5 Å². The molecule has 0 unspecified atom stereocenters. The quantitative estimate of drug-likeness (QED) is 0.642. The Bertz CT molecular complexity index is 1130. The molecule has 1 aromatic heterocycles. The average molecular weight is 388 g/mol. The van der Waals surface area contributed by atoms with Gasteiger partial charge in [0.2, 0.25) is 0 Å². The van der Waals surface area contributed by atoms with Crippen LogP contribution in [0.3, 0.4) is 0 Å². The topological polar surface area (TPSA) is 87.5 Å². The molecule has 0 aliphatic carbocycles. The number of methoxy groups -OCH3 is 2. The lowest BCUT2D eigenvalue weighted by molar-refractivity contribution is 0.393. The lowest BCUT2D eigenvalue weighted by Crippen LogP contribution is -2.22. The molecule has 0 spiro atoms. The summed E-state index contributed by atoms with van der Waals surface area (Å²) >= 11 is 0. The molecule has 0 N–H and O–H groups in total. The largest absolute Gasteiger partial charge is 0.497 e. The Morgan fingerprint density at radius 1 is 1.04 bits per heavy atom. The van der Waals surface area contributed by atoms with Gasteiger partial charge in [0.05, 0.1) is 36.3 Å². The monoisotopic (exact) mass is 388 g/mol. The molecule has 0 fully saturated rings. The molecule has 8 heteroatoms. The number of ether oxygens (including phenoxy) is 2. The minimum Gasteiger partial charge on any atom is -0.497 e. The van der Waals surface area contributed by atoms with E-state index in [1.165, 1.54) is 23.0 Å². The molecule has 1 heterocycles. The van der Waals surface area contributed by atoms with Crippen molar-refractivity contribution < 1.29 is 17.9 Å². The highest BCUT2D eigenvalue weighted by Crippen LogP contribution is 2.23. The second-order valence-corrected chi connectivity index (χ2v) is 8.18. The maximum Gasteiger partial charge on any atom is 0.261 e. The van der Waals surface area contributed by atoms with Crippen LogP contribution < -0.4 is 15.0 Å². The maximum atomic E-state index is 12.8. The van der Waals surface area contributed by atoms with Crippen LogP contribution in [0.15, 0.2) is 52.4 Å². The zero-order valence-electron chi connectivity index (χ0n) is 15.3. The van der Waals surface area contributed by atoms with Gasteiger partial charge < -0.3 is 9.47 Å². The number of sulfone groups is 1.